The summed E-state index contributed by atoms with van der Waals surface area (Å²) < 4.78 is 5.51. The molecule has 1 aliphatic carbocycles. The third kappa shape index (κ3) is 2.66. The van der Waals surface area contributed by atoms with Crippen molar-refractivity contribution in [3.63, 3.8) is 0 Å². The summed E-state index contributed by atoms with van der Waals surface area (Å²) in [4.78, 5) is 7.09. The van der Waals surface area contributed by atoms with E-state index in [1.165, 1.54) is 24.1 Å². The SMILES string of the molecule is NCc1cc2c(nc1N1CCOC(CO)C1)CCCC2. The van der Waals surface area contributed by atoms with Gasteiger partial charge in [0.25, 0.3) is 0 Å². The topological polar surface area (TPSA) is 71.6 Å². The van der Waals surface area contributed by atoms with Crippen molar-refractivity contribution in [3.8, 4) is 0 Å². The molecule has 1 aromatic rings. The van der Waals surface area contributed by atoms with Gasteiger partial charge in [-0.2, -0.15) is 0 Å². The van der Waals surface area contributed by atoms with E-state index in [1.807, 2.05) is 0 Å². The van der Waals surface area contributed by atoms with Crippen LogP contribution in [0.2, 0.25) is 0 Å². The van der Waals surface area contributed by atoms with Crippen LogP contribution in [0.3, 0.4) is 0 Å². The Balaban J connectivity index is 1.91. The first kappa shape index (κ1) is 13.8. The number of fused-ring (bicyclic) bond motifs is 1. The average molecular weight is 277 g/mol. The van der Waals surface area contributed by atoms with E-state index >= 15 is 0 Å². The van der Waals surface area contributed by atoms with E-state index in [2.05, 4.69) is 11.0 Å². The van der Waals surface area contributed by atoms with Crippen molar-refractivity contribution in [2.45, 2.75) is 38.3 Å². The zero-order valence-electron chi connectivity index (χ0n) is 11.8. The molecule has 3 N–H and O–H groups in total. The Labute approximate surface area is 119 Å². The Kier molecular flexibility index (Phi) is 4.19. The van der Waals surface area contributed by atoms with Crippen LogP contribution < -0.4 is 10.6 Å². The van der Waals surface area contributed by atoms with Crippen LogP contribution >= 0.6 is 0 Å². The molecule has 0 spiro atoms. The summed E-state index contributed by atoms with van der Waals surface area (Å²) in [5.41, 5.74) is 9.63. The third-order valence-corrected chi connectivity index (χ3v) is 4.22. The summed E-state index contributed by atoms with van der Waals surface area (Å²) in [6, 6.07) is 2.24. The lowest BCUT2D eigenvalue weighted by Crippen LogP contribution is -2.45. The van der Waals surface area contributed by atoms with Crippen molar-refractivity contribution in [1.29, 1.82) is 0 Å². The van der Waals surface area contributed by atoms with E-state index < -0.39 is 0 Å². The van der Waals surface area contributed by atoms with Crippen LogP contribution in [0.5, 0.6) is 0 Å². The number of aliphatic hydroxyl groups excluding tert-OH is 1. The van der Waals surface area contributed by atoms with Gasteiger partial charge in [0, 0.05) is 30.9 Å². The van der Waals surface area contributed by atoms with Crippen molar-refractivity contribution in [2.75, 3.05) is 31.2 Å². The molecule has 5 heteroatoms. The first-order chi connectivity index (χ1) is 9.81. The summed E-state index contributed by atoms with van der Waals surface area (Å²) >= 11 is 0. The first-order valence-corrected chi connectivity index (χ1v) is 7.51. The fraction of sp³-hybridized carbons (Fsp3) is 0.667. The van der Waals surface area contributed by atoms with Crippen LogP contribution in [0, 0.1) is 0 Å². The van der Waals surface area contributed by atoms with Crippen molar-refractivity contribution in [1.82, 2.24) is 4.98 Å². The van der Waals surface area contributed by atoms with Gasteiger partial charge in [-0.25, -0.2) is 4.98 Å². The summed E-state index contributed by atoms with van der Waals surface area (Å²) in [6.07, 6.45) is 4.55. The second kappa shape index (κ2) is 6.08. The van der Waals surface area contributed by atoms with E-state index in [1.54, 1.807) is 0 Å². The number of aliphatic hydroxyl groups is 1. The Morgan fingerprint density at radius 1 is 1.40 bits per heavy atom. The van der Waals surface area contributed by atoms with Gasteiger partial charge in [-0.3, -0.25) is 0 Å². The predicted molar refractivity (Wildman–Crippen MR) is 77.8 cm³/mol. The van der Waals surface area contributed by atoms with E-state index in [-0.39, 0.29) is 12.7 Å². The number of ether oxygens (including phenoxy) is 1. The molecule has 3 rings (SSSR count). The van der Waals surface area contributed by atoms with Gasteiger partial charge in [-0.05, 0) is 37.3 Å². The molecule has 1 fully saturated rings. The van der Waals surface area contributed by atoms with Gasteiger partial charge in [0.05, 0.1) is 19.3 Å². The highest BCUT2D eigenvalue weighted by Gasteiger charge is 2.24. The lowest BCUT2D eigenvalue weighted by atomic mass is 9.94. The maximum atomic E-state index is 9.28. The lowest BCUT2D eigenvalue weighted by molar-refractivity contribution is 0.00331. The summed E-state index contributed by atoms with van der Waals surface area (Å²) in [7, 11) is 0. The maximum absolute atomic E-state index is 9.28. The van der Waals surface area contributed by atoms with Gasteiger partial charge >= 0.3 is 0 Å². The fourth-order valence-corrected chi connectivity index (χ4v) is 3.12. The molecule has 20 heavy (non-hydrogen) atoms. The number of aromatic nitrogens is 1. The van der Waals surface area contributed by atoms with Crippen LogP contribution in [0.25, 0.3) is 0 Å². The quantitative estimate of drug-likeness (QED) is 0.847. The molecule has 0 aromatic carbocycles. The highest BCUT2D eigenvalue weighted by Crippen LogP contribution is 2.27. The molecule has 1 aromatic heterocycles. The number of aryl methyl sites for hydroxylation is 2. The molecule has 2 heterocycles. The number of nitrogens with zero attached hydrogens (tertiary/aromatic N) is 2. The van der Waals surface area contributed by atoms with E-state index in [4.69, 9.17) is 15.5 Å². The molecule has 0 radical (unpaired) electrons. The zero-order valence-corrected chi connectivity index (χ0v) is 11.8. The first-order valence-electron chi connectivity index (χ1n) is 7.51. The summed E-state index contributed by atoms with van der Waals surface area (Å²) in [5.74, 6) is 0.995. The molecule has 1 atom stereocenters. The van der Waals surface area contributed by atoms with Gasteiger partial charge in [0.2, 0.25) is 0 Å². The molecule has 2 aliphatic rings. The van der Waals surface area contributed by atoms with Crippen molar-refractivity contribution in [3.05, 3.63) is 22.9 Å². The Morgan fingerprint density at radius 2 is 2.25 bits per heavy atom. The second-order valence-electron chi connectivity index (χ2n) is 5.61. The number of rotatable bonds is 3. The van der Waals surface area contributed by atoms with E-state index in [9.17, 15) is 5.11 Å². The molecule has 1 unspecified atom stereocenters. The van der Waals surface area contributed by atoms with Crippen molar-refractivity contribution < 1.29 is 9.84 Å². The third-order valence-electron chi connectivity index (χ3n) is 4.22. The number of hydrogen-bond donors (Lipinski definition) is 2. The number of nitrogens with two attached hydrogens (primary N) is 1. The van der Waals surface area contributed by atoms with Crippen LogP contribution in [0.1, 0.15) is 29.7 Å². The van der Waals surface area contributed by atoms with Crippen LogP contribution in [0.4, 0.5) is 5.82 Å². The number of anilines is 1. The smallest absolute Gasteiger partial charge is 0.133 e. The highest BCUT2D eigenvalue weighted by molar-refractivity contribution is 5.51. The minimum absolute atomic E-state index is 0.0550. The van der Waals surface area contributed by atoms with Crippen LogP contribution in [-0.4, -0.2) is 42.5 Å². The van der Waals surface area contributed by atoms with Crippen LogP contribution in [0.15, 0.2) is 6.07 Å². The zero-order chi connectivity index (χ0) is 13.9. The Bertz CT molecular complexity index is 478. The molecular weight excluding hydrogens is 254 g/mol. The van der Waals surface area contributed by atoms with E-state index in [0.29, 0.717) is 19.7 Å². The molecular formula is C15H23N3O2. The highest BCUT2D eigenvalue weighted by atomic mass is 16.5. The minimum Gasteiger partial charge on any atom is -0.394 e. The van der Waals surface area contributed by atoms with Gasteiger partial charge in [-0.15, -0.1) is 0 Å². The van der Waals surface area contributed by atoms with Gasteiger partial charge in [-0.1, -0.05) is 0 Å². The molecule has 0 saturated carbocycles. The Hall–Kier alpha value is -1.17. The standard InChI is InChI=1S/C15H23N3O2/c16-8-12-7-11-3-1-2-4-14(11)17-15(12)18-5-6-20-13(9-18)10-19/h7,13,19H,1-6,8-10,16H2. The number of hydrogen-bond acceptors (Lipinski definition) is 5. The van der Waals surface area contributed by atoms with Crippen molar-refractivity contribution in [2.24, 2.45) is 5.73 Å². The number of morpholine rings is 1. The fourth-order valence-electron chi connectivity index (χ4n) is 3.12. The summed E-state index contributed by atoms with van der Waals surface area (Å²) in [6.45, 7) is 2.70. The van der Waals surface area contributed by atoms with Crippen LogP contribution in [-0.2, 0) is 24.1 Å². The summed E-state index contributed by atoms with van der Waals surface area (Å²) in [5, 5.41) is 9.28. The minimum atomic E-state index is -0.118. The second-order valence-corrected chi connectivity index (χ2v) is 5.61. The average Bonchev–Trinajstić information content (AvgIpc) is 2.53. The molecule has 1 saturated heterocycles. The lowest BCUT2D eigenvalue weighted by Gasteiger charge is -2.34. The molecule has 5 nitrogen and oxygen atoms in total. The van der Waals surface area contributed by atoms with Gasteiger partial charge in [0.15, 0.2) is 0 Å². The Morgan fingerprint density at radius 3 is 3.05 bits per heavy atom. The van der Waals surface area contributed by atoms with Crippen molar-refractivity contribution >= 4 is 5.82 Å². The maximum Gasteiger partial charge on any atom is 0.133 e. The van der Waals surface area contributed by atoms with E-state index in [0.717, 1.165) is 30.8 Å². The van der Waals surface area contributed by atoms with Gasteiger partial charge < -0.3 is 20.5 Å². The predicted octanol–water partition coefficient (Wildman–Crippen LogP) is 0.617. The molecule has 0 bridgehead atoms. The van der Waals surface area contributed by atoms with Gasteiger partial charge in [0.1, 0.15) is 5.82 Å². The molecule has 0 amide bonds. The number of pyridine rings is 1. The molecule has 110 valence electrons. The monoisotopic (exact) mass is 277 g/mol. The normalized spacial score (nSPS) is 22.7. The molecule has 1 aliphatic heterocycles. The largest absolute Gasteiger partial charge is 0.394 e.